The van der Waals surface area contributed by atoms with Crippen molar-refractivity contribution in [2.24, 2.45) is 5.92 Å². The van der Waals surface area contributed by atoms with Gasteiger partial charge in [0.2, 0.25) is 5.91 Å². The van der Waals surface area contributed by atoms with E-state index in [1.807, 2.05) is 0 Å². The van der Waals surface area contributed by atoms with Crippen LogP contribution in [0.15, 0.2) is 30.4 Å². The van der Waals surface area contributed by atoms with Crippen molar-refractivity contribution in [3.8, 4) is 11.5 Å². The lowest BCUT2D eigenvalue weighted by Gasteiger charge is -2.08. The van der Waals surface area contributed by atoms with Crippen molar-refractivity contribution in [3.63, 3.8) is 0 Å². The van der Waals surface area contributed by atoms with E-state index in [-0.39, 0.29) is 11.7 Å². The minimum Gasteiger partial charge on any atom is -0.504 e. The molecule has 0 saturated heterocycles. The number of methoxy groups -OCH3 is 1. The highest BCUT2D eigenvalue weighted by atomic mass is 16.5. The Hall–Kier alpha value is -1.97. The number of benzene rings is 1. The van der Waals surface area contributed by atoms with E-state index in [0.717, 1.165) is 24.8 Å². The van der Waals surface area contributed by atoms with E-state index in [4.69, 9.17) is 4.74 Å². The molecule has 25 heavy (non-hydrogen) atoms. The summed E-state index contributed by atoms with van der Waals surface area (Å²) in [5.41, 5.74) is 0.914. The Bertz CT molecular complexity index is 538. The molecule has 0 spiro atoms. The van der Waals surface area contributed by atoms with Crippen LogP contribution in [0.2, 0.25) is 0 Å². The molecule has 0 heterocycles. The van der Waals surface area contributed by atoms with Gasteiger partial charge in [0.25, 0.3) is 0 Å². The average molecular weight is 347 g/mol. The van der Waals surface area contributed by atoms with Crippen molar-refractivity contribution < 1.29 is 14.6 Å². The molecule has 0 aliphatic rings. The number of phenolic OH excluding ortho intramolecular Hbond substituents is 1. The number of hydrogen-bond acceptors (Lipinski definition) is 3. The molecule has 1 aromatic rings. The molecule has 0 aromatic heterocycles. The van der Waals surface area contributed by atoms with Gasteiger partial charge in [-0.3, -0.25) is 4.79 Å². The van der Waals surface area contributed by atoms with E-state index in [0.29, 0.717) is 24.6 Å². The molecule has 0 bridgehead atoms. The van der Waals surface area contributed by atoms with Crippen LogP contribution in [0, 0.1) is 5.92 Å². The van der Waals surface area contributed by atoms with Gasteiger partial charge in [-0.1, -0.05) is 51.3 Å². The second-order valence-corrected chi connectivity index (χ2v) is 6.76. The maximum Gasteiger partial charge on any atom is 0.220 e. The highest BCUT2D eigenvalue weighted by Gasteiger charge is 2.05. The first-order chi connectivity index (χ1) is 12.0. The van der Waals surface area contributed by atoms with Crippen LogP contribution in [0.5, 0.6) is 11.5 Å². The van der Waals surface area contributed by atoms with Crippen molar-refractivity contribution in [2.45, 2.75) is 65.3 Å². The third kappa shape index (κ3) is 9.80. The van der Waals surface area contributed by atoms with Crippen molar-refractivity contribution in [2.75, 3.05) is 7.11 Å². The smallest absolute Gasteiger partial charge is 0.220 e. The molecule has 1 aromatic carbocycles. The molecule has 0 aliphatic carbocycles. The maximum atomic E-state index is 11.9. The fourth-order valence-corrected chi connectivity index (χ4v) is 2.57. The molecule has 0 saturated carbocycles. The minimum atomic E-state index is 0.0758. The number of ether oxygens (including phenoxy) is 1. The number of phenols is 1. The number of rotatable bonds is 12. The lowest BCUT2D eigenvalue weighted by Crippen LogP contribution is -2.22. The van der Waals surface area contributed by atoms with Crippen LogP contribution in [-0.2, 0) is 11.3 Å². The monoisotopic (exact) mass is 347 g/mol. The van der Waals surface area contributed by atoms with Crippen molar-refractivity contribution in [3.05, 3.63) is 35.9 Å². The average Bonchev–Trinajstić information content (AvgIpc) is 2.59. The molecular formula is C21H33NO3. The van der Waals surface area contributed by atoms with Crippen LogP contribution in [0.1, 0.15) is 64.4 Å². The fourth-order valence-electron chi connectivity index (χ4n) is 2.57. The van der Waals surface area contributed by atoms with Gasteiger partial charge in [-0.05, 0) is 42.9 Å². The zero-order valence-corrected chi connectivity index (χ0v) is 15.9. The van der Waals surface area contributed by atoms with Crippen molar-refractivity contribution >= 4 is 5.91 Å². The van der Waals surface area contributed by atoms with E-state index in [9.17, 15) is 9.90 Å². The van der Waals surface area contributed by atoms with Crippen LogP contribution >= 0.6 is 0 Å². The van der Waals surface area contributed by atoms with Gasteiger partial charge in [0.05, 0.1) is 7.11 Å². The summed E-state index contributed by atoms with van der Waals surface area (Å²) in [6, 6.07) is 5.10. The number of allylic oxidation sites excluding steroid dienone is 2. The summed E-state index contributed by atoms with van der Waals surface area (Å²) >= 11 is 0. The summed E-state index contributed by atoms with van der Waals surface area (Å²) < 4.78 is 5.06. The van der Waals surface area contributed by atoms with E-state index in [1.165, 1.54) is 26.4 Å². The Morgan fingerprint density at radius 1 is 1.20 bits per heavy atom. The molecule has 4 heteroatoms. The molecule has 4 nitrogen and oxygen atoms in total. The normalized spacial score (nSPS) is 11.2. The Kier molecular flexibility index (Phi) is 10.5. The molecule has 2 N–H and O–H groups in total. The van der Waals surface area contributed by atoms with E-state index >= 15 is 0 Å². The van der Waals surface area contributed by atoms with E-state index < -0.39 is 0 Å². The Morgan fingerprint density at radius 3 is 2.64 bits per heavy atom. The number of carbonyl (C=O) groups excluding carboxylic acids is 1. The van der Waals surface area contributed by atoms with Gasteiger partial charge in [0.15, 0.2) is 11.5 Å². The van der Waals surface area contributed by atoms with Gasteiger partial charge in [-0.2, -0.15) is 0 Å². The first kappa shape index (κ1) is 21.1. The topological polar surface area (TPSA) is 58.6 Å². The summed E-state index contributed by atoms with van der Waals surface area (Å²) in [5.74, 6) is 1.25. The first-order valence-corrected chi connectivity index (χ1v) is 9.32. The number of carbonyl (C=O) groups is 1. The first-order valence-electron chi connectivity index (χ1n) is 9.32. The van der Waals surface area contributed by atoms with Crippen LogP contribution in [0.25, 0.3) is 0 Å². The molecule has 0 fully saturated rings. The summed E-state index contributed by atoms with van der Waals surface area (Å²) in [5, 5.41) is 12.5. The summed E-state index contributed by atoms with van der Waals surface area (Å²) in [6.45, 7) is 4.84. The summed E-state index contributed by atoms with van der Waals surface area (Å²) in [6.07, 6.45) is 12.0. The van der Waals surface area contributed by atoms with Crippen LogP contribution in [0.3, 0.4) is 0 Å². The van der Waals surface area contributed by atoms with Gasteiger partial charge in [-0.25, -0.2) is 0 Å². The predicted octanol–water partition coefficient (Wildman–Crippen LogP) is 4.96. The van der Waals surface area contributed by atoms with E-state index in [2.05, 4.69) is 31.3 Å². The summed E-state index contributed by atoms with van der Waals surface area (Å²) in [7, 11) is 1.51. The highest BCUT2D eigenvalue weighted by molar-refractivity contribution is 5.75. The molecule has 0 radical (unpaired) electrons. The maximum absolute atomic E-state index is 11.9. The predicted molar refractivity (Wildman–Crippen MR) is 103 cm³/mol. The van der Waals surface area contributed by atoms with Crippen molar-refractivity contribution in [1.29, 1.82) is 0 Å². The number of unbranched alkanes of at least 4 members (excludes halogenated alkanes) is 5. The van der Waals surface area contributed by atoms with Gasteiger partial charge >= 0.3 is 0 Å². The summed E-state index contributed by atoms with van der Waals surface area (Å²) in [4.78, 5) is 11.9. The fraction of sp³-hybridized carbons (Fsp3) is 0.571. The minimum absolute atomic E-state index is 0.0758. The number of amides is 1. The van der Waals surface area contributed by atoms with E-state index in [1.54, 1.807) is 18.2 Å². The lowest BCUT2D eigenvalue weighted by molar-refractivity contribution is -0.121. The molecule has 0 unspecified atom stereocenters. The quantitative estimate of drug-likeness (QED) is 0.415. The second-order valence-electron chi connectivity index (χ2n) is 6.76. The molecule has 1 amide bonds. The van der Waals surface area contributed by atoms with Gasteiger partial charge in [0, 0.05) is 13.0 Å². The van der Waals surface area contributed by atoms with Crippen LogP contribution < -0.4 is 10.1 Å². The van der Waals surface area contributed by atoms with Crippen molar-refractivity contribution in [1.82, 2.24) is 5.32 Å². The molecule has 0 aliphatic heterocycles. The van der Waals surface area contributed by atoms with Crippen LogP contribution in [0.4, 0.5) is 0 Å². The molecular weight excluding hydrogens is 314 g/mol. The second kappa shape index (κ2) is 12.4. The number of nitrogens with one attached hydrogen (secondary N) is 1. The molecule has 0 atom stereocenters. The number of hydrogen-bond donors (Lipinski definition) is 2. The van der Waals surface area contributed by atoms with Gasteiger partial charge < -0.3 is 15.2 Å². The molecule has 140 valence electrons. The zero-order chi connectivity index (χ0) is 18.5. The van der Waals surface area contributed by atoms with Crippen LogP contribution in [-0.4, -0.2) is 18.1 Å². The third-order valence-electron chi connectivity index (χ3n) is 4.03. The zero-order valence-electron chi connectivity index (χ0n) is 15.9. The van der Waals surface area contributed by atoms with Gasteiger partial charge in [0.1, 0.15) is 0 Å². The highest BCUT2D eigenvalue weighted by Crippen LogP contribution is 2.26. The SMILES string of the molecule is COc1cc(CNC(=O)CCCCCCC/C=C/C(C)C)ccc1O. The Labute approximate surface area is 152 Å². The Morgan fingerprint density at radius 2 is 1.92 bits per heavy atom. The molecule has 1 rings (SSSR count). The standard InChI is InChI=1S/C21H33NO3/c1-17(2)11-9-7-5-4-6-8-10-12-21(24)22-16-18-13-14-19(23)20(15-18)25-3/h9,11,13-15,17,23H,4-8,10,12,16H2,1-3H3,(H,22,24)/b11-9+. The Balaban J connectivity index is 2.07. The largest absolute Gasteiger partial charge is 0.504 e. The van der Waals surface area contributed by atoms with Gasteiger partial charge in [-0.15, -0.1) is 0 Å². The number of aromatic hydroxyl groups is 1. The lowest BCUT2D eigenvalue weighted by atomic mass is 10.1. The third-order valence-corrected chi connectivity index (χ3v) is 4.03.